The summed E-state index contributed by atoms with van der Waals surface area (Å²) in [6, 6.07) is 3.38. The number of anilines is 3. The molecule has 1 aromatic carbocycles. The second kappa shape index (κ2) is 6.36. The van der Waals surface area contributed by atoms with Gasteiger partial charge in [0.25, 0.3) is 0 Å². The molecule has 0 atom stereocenters. The van der Waals surface area contributed by atoms with Gasteiger partial charge in [0.2, 0.25) is 0 Å². The Kier molecular flexibility index (Phi) is 5.07. The van der Waals surface area contributed by atoms with Crippen LogP contribution in [0.5, 0.6) is 5.75 Å². The number of hydrogen-bond acceptors (Lipinski definition) is 5. The first-order valence-electron chi connectivity index (χ1n) is 6.51. The molecule has 6 heteroatoms. The van der Waals surface area contributed by atoms with E-state index in [-0.39, 0.29) is 0 Å². The van der Waals surface area contributed by atoms with Crippen molar-refractivity contribution >= 4 is 23.2 Å². The van der Waals surface area contributed by atoms with Gasteiger partial charge < -0.3 is 20.5 Å². The van der Waals surface area contributed by atoms with Crippen molar-refractivity contribution in [3.05, 3.63) is 12.1 Å². The molecular formula is C14H23N3O3. The van der Waals surface area contributed by atoms with E-state index in [2.05, 4.69) is 10.6 Å². The topological polar surface area (TPSA) is 85.6 Å². The van der Waals surface area contributed by atoms with Gasteiger partial charge in [0.1, 0.15) is 11.4 Å². The fourth-order valence-corrected chi connectivity index (χ4v) is 1.60. The Morgan fingerprint density at radius 1 is 1.30 bits per heavy atom. The summed E-state index contributed by atoms with van der Waals surface area (Å²) < 4.78 is 10.7. The Hall–Kier alpha value is -2.11. The van der Waals surface area contributed by atoms with Gasteiger partial charge in [0.15, 0.2) is 0 Å². The van der Waals surface area contributed by atoms with Crippen LogP contribution in [0.3, 0.4) is 0 Å². The van der Waals surface area contributed by atoms with E-state index in [1.165, 1.54) is 0 Å². The van der Waals surface area contributed by atoms with E-state index in [9.17, 15) is 4.79 Å². The zero-order valence-electron chi connectivity index (χ0n) is 12.7. The lowest BCUT2D eigenvalue weighted by Crippen LogP contribution is -2.27. The lowest BCUT2D eigenvalue weighted by atomic mass is 10.2. The molecule has 112 valence electrons. The van der Waals surface area contributed by atoms with E-state index in [4.69, 9.17) is 15.2 Å². The van der Waals surface area contributed by atoms with Crippen LogP contribution in [0, 0.1) is 0 Å². The molecule has 0 spiro atoms. The minimum atomic E-state index is -0.560. The number of nitrogens with one attached hydrogen (secondary N) is 2. The van der Waals surface area contributed by atoms with E-state index in [0.717, 1.165) is 0 Å². The van der Waals surface area contributed by atoms with Crippen LogP contribution in [0.4, 0.5) is 21.9 Å². The molecule has 1 aromatic rings. The molecule has 0 heterocycles. The molecule has 0 aliphatic rings. The van der Waals surface area contributed by atoms with Crippen LogP contribution in [0.2, 0.25) is 0 Å². The predicted molar refractivity (Wildman–Crippen MR) is 81.4 cm³/mol. The van der Waals surface area contributed by atoms with Crippen LogP contribution < -0.4 is 21.1 Å². The number of ether oxygens (including phenoxy) is 2. The summed E-state index contributed by atoms with van der Waals surface area (Å²) in [7, 11) is 1.75. The molecule has 0 unspecified atom stereocenters. The number of rotatable bonds is 4. The molecule has 0 aliphatic heterocycles. The van der Waals surface area contributed by atoms with Crippen molar-refractivity contribution < 1.29 is 14.3 Å². The maximum atomic E-state index is 11.8. The highest BCUT2D eigenvalue weighted by Crippen LogP contribution is 2.33. The molecule has 20 heavy (non-hydrogen) atoms. The van der Waals surface area contributed by atoms with Gasteiger partial charge in [-0.25, -0.2) is 4.79 Å². The standard InChI is InChI=1S/C14H23N3O3/c1-6-19-12-7-9(15)10(16-5)8-11(12)17-13(18)20-14(2,3)4/h7-8,16H,6,15H2,1-5H3,(H,17,18). The summed E-state index contributed by atoms with van der Waals surface area (Å²) in [5.41, 5.74) is 7.09. The van der Waals surface area contributed by atoms with E-state index in [0.29, 0.717) is 29.4 Å². The number of hydrogen-bond donors (Lipinski definition) is 3. The Balaban J connectivity index is 2.99. The van der Waals surface area contributed by atoms with Gasteiger partial charge in [-0.05, 0) is 33.8 Å². The molecular weight excluding hydrogens is 258 g/mol. The number of carbonyl (C=O) groups is 1. The zero-order chi connectivity index (χ0) is 15.3. The third kappa shape index (κ3) is 4.53. The van der Waals surface area contributed by atoms with Crippen LogP contribution >= 0.6 is 0 Å². The van der Waals surface area contributed by atoms with Crippen LogP contribution in [0.25, 0.3) is 0 Å². The van der Waals surface area contributed by atoms with Gasteiger partial charge in [0.05, 0.1) is 23.7 Å². The van der Waals surface area contributed by atoms with Crippen LogP contribution in [-0.2, 0) is 4.74 Å². The second-order valence-corrected chi connectivity index (χ2v) is 5.25. The lowest BCUT2D eigenvalue weighted by Gasteiger charge is -2.21. The number of nitrogens with two attached hydrogens (primary N) is 1. The molecule has 0 aromatic heterocycles. The van der Waals surface area contributed by atoms with Crippen LogP contribution in [-0.4, -0.2) is 25.3 Å². The molecule has 0 radical (unpaired) electrons. The van der Waals surface area contributed by atoms with E-state index < -0.39 is 11.7 Å². The SMILES string of the molecule is CCOc1cc(N)c(NC)cc1NC(=O)OC(C)(C)C. The molecule has 1 amide bonds. The number of benzene rings is 1. The summed E-state index contributed by atoms with van der Waals surface area (Å²) in [5, 5.41) is 5.63. The first-order chi connectivity index (χ1) is 9.26. The van der Waals surface area contributed by atoms with Crippen molar-refractivity contribution in [2.75, 3.05) is 30.0 Å². The summed E-state index contributed by atoms with van der Waals surface area (Å²) in [6.45, 7) is 7.74. The Morgan fingerprint density at radius 2 is 1.95 bits per heavy atom. The molecule has 0 fully saturated rings. The molecule has 6 nitrogen and oxygen atoms in total. The number of nitrogen functional groups attached to an aromatic ring is 1. The van der Waals surface area contributed by atoms with Gasteiger partial charge in [-0.15, -0.1) is 0 Å². The van der Waals surface area contributed by atoms with Crippen LogP contribution in [0.15, 0.2) is 12.1 Å². The summed E-state index contributed by atoms with van der Waals surface area (Å²) in [6.07, 6.45) is -0.537. The quantitative estimate of drug-likeness (QED) is 0.738. The summed E-state index contributed by atoms with van der Waals surface area (Å²) in [4.78, 5) is 11.8. The predicted octanol–water partition coefficient (Wildman–Crippen LogP) is 3.06. The average molecular weight is 281 g/mol. The van der Waals surface area contributed by atoms with E-state index in [1.54, 1.807) is 40.0 Å². The minimum Gasteiger partial charge on any atom is -0.492 e. The minimum absolute atomic E-state index is 0.474. The summed E-state index contributed by atoms with van der Waals surface area (Å²) in [5.74, 6) is 0.509. The average Bonchev–Trinajstić information content (AvgIpc) is 2.30. The number of carbonyl (C=O) groups excluding carboxylic acids is 1. The fourth-order valence-electron chi connectivity index (χ4n) is 1.60. The largest absolute Gasteiger partial charge is 0.492 e. The maximum Gasteiger partial charge on any atom is 0.412 e. The van der Waals surface area contributed by atoms with Crippen molar-refractivity contribution in [3.63, 3.8) is 0 Å². The van der Waals surface area contributed by atoms with Crippen molar-refractivity contribution in [1.82, 2.24) is 0 Å². The first kappa shape index (κ1) is 15.9. The molecule has 0 bridgehead atoms. The summed E-state index contributed by atoms with van der Waals surface area (Å²) >= 11 is 0. The van der Waals surface area contributed by atoms with Crippen molar-refractivity contribution in [1.29, 1.82) is 0 Å². The van der Waals surface area contributed by atoms with Gasteiger partial charge >= 0.3 is 6.09 Å². The third-order valence-corrected chi connectivity index (χ3v) is 2.36. The highest BCUT2D eigenvalue weighted by Gasteiger charge is 2.18. The Morgan fingerprint density at radius 3 is 2.45 bits per heavy atom. The van der Waals surface area contributed by atoms with Crippen molar-refractivity contribution in [2.24, 2.45) is 0 Å². The highest BCUT2D eigenvalue weighted by atomic mass is 16.6. The fraction of sp³-hybridized carbons (Fsp3) is 0.500. The molecule has 1 rings (SSSR count). The van der Waals surface area contributed by atoms with Gasteiger partial charge in [-0.2, -0.15) is 0 Å². The normalized spacial score (nSPS) is 10.8. The number of amides is 1. The second-order valence-electron chi connectivity index (χ2n) is 5.25. The molecule has 0 saturated carbocycles. The van der Waals surface area contributed by atoms with Crippen molar-refractivity contribution in [3.8, 4) is 5.75 Å². The third-order valence-electron chi connectivity index (χ3n) is 2.36. The smallest absolute Gasteiger partial charge is 0.412 e. The van der Waals surface area contributed by atoms with E-state index >= 15 is 0 Å². The van der Waals surface area contributed by atoms with Gasteiger partial charge in [0, 0.05) is 13.1 Å². The Bertz CT molecular complexity index is 481. The highest BCUT2D eigenvalue weighted by molar-refractivity contribution is 5.90. The molecule has 0 aliphatic carbocycles. The van der Waals surface area contributed by atoms with E-state index in [1.807, 2.05) is 6.92 Å². The monoisotopic (exact) mass is 281 g/mol. The molecule has 0 saturated heterocycles. The lowest BCUT2D eigenvalue weighted by molar-refractivity contribution is 0.0635. The van der Waals surface area contributed by atoms with Crippen LogP contribution in [0.1, 0.15) is 27.7 Å². The first-order valence-corrected chi connectivity index (χ1v) is 6.51. The van der Waals surface area contributed by atoms with Crippen molar-refractivity contribution in [2.45, 2.75) is 33.3 Å². The zero-order valence-corrected chi connectivity index (χ0v) is 12.7. The molecule has 4 N–H and O–H groups in total. The Labute approximate surface area is 119 Å². The van der Waals surface area contributed by atoms with Gasteiger partial charge in [-0.3, -0.25) is 5.32 Å². The maximum absolute atomic E-state index is 11.8. The van der Waals surface area contributed by atoms with Gasteiger partial charge in [-0.1, -0.05) is 0 Å².